The minimum Gasteiger partial charge on any atom is -0.399 e. The van der Waals surface area contributed by atoms with Crippen LogP contribution in [0.1, 0.15) is 0 Å². The third-order valence-corrected chi connectivity index (χ3v) is 1.13. The number of benzene rings is 1. The second-order valence-corrected chi connectivity index (χ2v) is 3.23. The summed E-state index contributed by atoms with van der Waals surface area (Å²) in [7, 11) is -4.67. The molecule has 9 heteroatoms. The van der Waals surface area contributed by atoms with Crippen molar-refractivity contribution >= 4 is 21.8 Å². The molecule has 8 nitrogen and oxygen atoms in total. The maximum Gasteiger partial charge on any atom is 0.394 e. The first-order valence-electron chi connectivity index (χ1n) is 3.40. The van der Waals surface area contributed by atoms with Crippen LogP contribution < -0.4 is 16.4 Å². The van der Waals surface area contributed by atoms with Gasteiger partial charge in [-0.15, -0.1) is 0 Å². The summed E-state index contributed by atoms with van der Waals surface area (Å²) in [5.74, 6) is 0.217. The average molecular weight is 238 g/mol. The van der Waals surface area contributed by atoms with Gasteiger partial charge >= 0.3 is 10.4 Å². The van der Waals surface area contributed by atoms with Gasteiger partial charge in [0.2, 0.25) is 0 Å². The Morgan fingerprint density at radius 3 is 2.00 bits per heavy atom. The van der Waals surface area contributed by atoms with Gasteiger partial charge in [-0.3, -0.25) is 9.11 Å². The molecule has 0 amide bonds. The van der Waals surface area contributed by atoms with E-state index in [2.05, 4.69) is 4.89 Å². The highest BCUT2D eigenvalue weighted by Gasteiger charge is 1.97. The van der Waals surface area contributed by atoms with Gasteiger partial charge in [-0.1, -0.05) is 0 Å². The molecule has 15 heavy (non-hydrogen) atoms. The molecule has 0 aromatic heterocycles. The monoisotopic (exact) mass is 238 g/mol. The van der Waals surface area contributed by atoms with Crippen molar-refractivity contribution in [3.8, 4) is 5.75 Å². The van der Waals surface area contributed by atoms with Gasteiger partial charge in [0.25, 0.3) is 0 Å². The molecule has 0 spiro atoms. The molecule has 0 atom stereocenters. The predicted molar refractivity (Wildman–Crippen MR) is 52.7 cm³/mol. The lowest BCUT2D eigenvalue weighted by molar-refractivity contribution is -0.136. The molecule has 0 heterocycles. The summed E-state index contributed by atoms with van der Waals surface area (Å²) in [5.41, 5.74) is 11.6. The Kier molecular flexibility index (Phi) is 4.81. The maximum absolute atomic E-state index is 8.74. The Morgan fingerprint density at radius 1 is 1.20 bits per heavy atom. The normalized spacial score (nSPS) is 10.1. The van der Waals surface area contributed by atoms with E-state index >= 15 is 0 Å². The van der Waals surface area contributed by atoms with Crippen LogP contribution in [0.15, 0.2) is 18.2 Å². The predicted octanol–water partition coefficient (Wildman–Crippen LogP) is 0.0500. The van der Waals surface area contributed by atoms with E-state index in [0.717, 1.165) is 0 Å². The fourth-order valence-corrected chi connectivity index (χ4v) is 0.650. The first-order valence-corrected chi connectivity index (χ1v) is 4.80. The largest absolute Gasteiger partial charge is 0.399 e. The van der Waals surface area contributed by atoms with E-state index in [-0.39, 0.29) is 5.75 Å². The first-order chi connectivity index (χ1) is 6.74. The van der Waals surface area contributed by atoms with Gasteiger partial charge in [-0.05, 0) is 18.2 Å². The molecular formula is C6H10N2O6S. The van der Waals surface area contributed by atoms with Gasteiger partial charge in [0.05, 0.1) is 5.69 Å². The second kappa shape index (κ2) is 5.36. The third-order valence-electron chi connectivity index (χ3n) is 1.13. The van der Waals surface area contributed by atoms with Gasteiger partial charge in [0, 0.05) is 5.69 Å². The van der Waals surface area contributed by atoms with Crippen LogP contribution in [-0.2, 0) is 10.4 Å². The zero-order valence-corrected chi connectivity index (χ0v) is 8.18. The first kappa shape index (κ1) is 13.4. The van der Waals surface area contributed by atoms with Gasteiger partial charge in [-0.25, -0.2) is 5.26 Å². The van der Waals surface area contributed by atoms with Crippen LogP contribution in [-0.4, -0.2) is 22.8 Å². The molecule has 0 saturated carbocycles. The number of nitrogen functional groups attached to an aromatic ring is 2. The highest BCUT2D eigenvalue weighted by molar-refractivity contribution is 7.79. The summed E-state index contributed by atoms with van der Waals surface area (Å²) in [4.78, 5) is 3.92. The molecule has 0 aliphatic rings. The molecule has 0 radical (unpaired) electrons. The summed E-state index contributed by atoms with van der Waals surface area (Å²) in [5, 5.41) is 8.19. The number of anilines is 2. The number of hydrogen-bond donors (Lipinski definition) is 5. The Bertz CT molecular complexity index is 410. The second-order valence-electron chi connectivity index (χ2n) is 2.34. The van der Waals surface area contributed by atoms with Gasteiger partial charge in [-0.2, -0.15) is 8.42 Å². The molecule has 0 bridgehead atoms. The van der Waals surface area contributed by atoms with E-state index in [0.29, 0.717) is 11.4 Å². The molecule has 7 N–H and O–H groups in total. The van der Waals surface area contributed by atoms with Crippen molar-refractivity contribution in [2.75, 3.05) is 11.5 Å². The van der Waals surface area contributed by atoms with E-state index in [1.807, 2.05) is 0 Å². The van der Waals surface area contributed by atoms with Crippen molar-refractivity contribution < 1.29 is 27.7 Å². The minimum atomic E-state index is -4.67. The molecular weight excluding hydrogens is 228 g/mol. The highest BCUT2D eigenvalue weighted by atomic mass is 32.3. The van der Waals surface area contributed by atoms with Gasteiger partial charge < -0.3 is 16.4 Å². The zero-order chi connectivity index (χ0) is 12.1. The lowest BCUT2D eigenvalue weighted by atomic mass is 10.3. The topological polar surface area (TPSA) is 156 Å². The zero-order valence-electron chi connectivity index (χ0n) is 7.36. The van der Waals surface area contributed by atoms with Crippen LogP contribution in [0, 0.1) is 0 Å². The van der Waals surface area contributed by atoms with Crippen LogP contribution >= 0.6 is 0 Å². The summed E-state index contributed by atoms with van der Waals surface area (Å²) < 4.78 is 31.6. The van der Waals surface area contributed by atoms with Crippen molar-refractivity contribution in [1.29, 1.82) is 0 Å². The van der Waals surface area contributed by atoms with Crippen LogP contribution in [0.4, 0.5) is 11.4 Å². The van der Waals surface area contributed by atoms with Crippen LogP contribution in [0.25, 0.3) is 0 Å². The van der Waals surface area contributed by atoms with E-state index in [4.69, 9.17) is 34.2 Å². The summed E-state index contributed by atoms with van der Waals surface area (Å²) in [6.45, 7) is 0. The van der Waals surface area contributed by atoms with Crippen molar-refractivity contribution in [2.24, 2.45) is 0 Å². The summed E-state index contributed by atoms with van der Waals surface area (Å²) in [6.07, 6.45) is 0. The average Bonchev–Trinajstić information content (AvgIpc) is 2.01. The molecule has 0 unspecified atom stereocenters. The molecule has 0 saturated heterocycles. The van der Waals surface area contributed by atoms with E-state index in [1.165, 1.54) is 12.1 Å². The maximum atomic E-state index is 8.74. The van der Waals surface area contributed by atoms with E-state index in [9.17, 15) is 0 Å². The van der Waals surface area contributed by atoms with Crippen LogP contribution in [0.3, 0.4) is 0 Å². The molecule has 86 valence electrons. The van der Waals surface area contributed by atoms with Crippen molar-refractivity contribution in [2.45, 2.75) is 0 Å². The Balaban J connectivity index is 0.000000336. The Hall–Kier alpha value is -1.55. The van der Waals surface area contributed by atoms with Gasteiger partial charge in [0.1, 0.15) is 0 Å². The van der Waals surface area contributed by atoms with E-state index < -0.39 is 10.4 Å². The Labute approximate surface area is 85.6 Å². The number of hydrogen-bond acceptors (Lipinski definition) is 6. The fourth-order valence-electron chi connectivity index (χ4n) is 0.650. The van der Waals surface area contributed by atoms with Crippen LogP contribution in [0.2, 0.25) is 0 Å². The fraction of sp³-hybridized carbons (Fsp3) is 0. The third kappa shape index (κ3) is 7.52. The molecule has 0 aliphatic heterocycles. The smallest absolute Gasteiger partial charge is 0.394 e. The molecule has 1 rings (SSSR count). The quantitative estimate of drug-likeness (QED) is 0.199. The highest BCUT2D eigenvalue weighted by Crippen LogP contribution is 2.22. The van der Waals surface area contributed by atoms with Crippen molar-refractivity contribution in [1.82, 2.24) is 0 Å². The number of nitrogens with two attached hydrogens (primary N) is 2. The minimum absolute atomic E-state index is 0.217. The Morgan fingerprint density at radius 2 is 1.67 bits per heavy atom. The van der Waals surface area contributed by atoms with Gasteiger partial charge in [0.15, 0.2) is 5.75 Å². The van der Waals surface area contributed by atoms with Crippen molar-refractivity contribution in [3.63, 3.8) is 0 Å². The molecule has 0 aliphatic carbocycles. The lowest BCUT2D eigenvalue weighted by Gasteiger charge is -2.00. The SMILES string of the molecule is Nc1ccc(OO)c(N)c1.O=S(=O)(O)O. The van der Waals surface area contributed by atoms with Crippen LogP contribution in [0.5, 0.6) is 5.75 Å². The summed E-state index contributed by atoms with van der Waals surface area (Å²) in [6, 6.07) is 4.58. The molecule has 1 aromatic rings. The lowest BCUT2D eigenvalue weighted by Crippen LogP contribution is -1.94. The molecule has 1 aromatic carbocycles. The number of rotatable bonds is 1. The van der Waals surface area contributed by atoms with E-state index in [1.54, 1.807) is 6.07 Å². The summed E-state index contributed by atoms with van der Waals surface area (Å²) >= 11 is 0. The van der Waals surface area contributed by atoms with Crippen molar-refractivity contribution in [3.05, 3.63) is 18.2 Å². The standard InChI is InChI=1S/C6H8N2O2.H2O4S/c7-4-1-2-6(10-9)5(8)3-4;1-5(2,3)4/h1-3,9H,7-8H2;(H2,1,2,3,4). The molecule has 0 fully saturated rings.